The molecule has 13 heteroatoms. The monoisotopic (exact) mass is 870 g/mol. The summed E-state index contributed by atoms with van der Waals surface area (Å²) in [5.74, 6) is -0.868. The summed E-state index contributed by atoms with van der Waals surface area (Å²) in [4.78, 5) is 42.2. The summed E-state index contributed by atoms with van der Waals surface area (Å²) >= 11 is 18.8. The summed E-state index contributed by atoms with van der Waals surface area (Å²) in [6, 6.07) is 38.3. The van der Waals surface area contributed by atoms with E-state index in [9.17, 15) is 19.5 Å². The number of ether oxygens (including phenoxy) is 2. The SMILES string of the molecule is N#Cc1ccc(-c2ccc(CC(NC(=O)C3Cc4cc5c(cc4CN3Cc3ccccc3Cl)OC(c3ccc(OCc4ccc(Cl)c(Cl)c4)cc3)C(=O)N5)C(=O)O)cc2)cc1. The van der Waals surface area contributed by atoms with Crippen LogP contribution < -0.4 is 20.1 Å². The smallest absolute Gasteiger partial charge is 0.326 e. The van der Waals surface area contributed by atoms with Gasteiger partial charge in [-0.15, -0.1) is 0 Å². The fourth-order valence-electron chi connectivity index (χ4n) is 7.54. The number of nitrogens with one attached hydrogen (secondary N) is 2. The van der Waals surface area contributed by atoms with E-state index in [1.165, 1.54) is 0 Å². The average molecular weight is 872 g/mol. The van der Waals surface area contributed by atoms with Gasteiger partial charge in [-0.3, -0.25) is 14.5 Å². The molecule has 0 saturated carbocycles. The number of carbonyl (C=O) groups excluding carboxylic acids is 2. The number of carboxylic acids is 1. The van der Waals surface area contributed by atoms with Crippen molar-refractivity contribution in [1.82, 2.24) is 10.2 Å². The first kappa shape index (κ1) is 41.4. The van der Waals surface area contributed by atoms with Gasteiger partial charge in [0.1, 0.15) is 24.1 Å². The van der Waals surface area contributed by atoms with Crippen molar-refractivity contribution >= 4 is 58.3 Å². The number of benzene rings is 6. The Morgan fingerprint density at radius 1 is 0.852 bits per heavy atom. The molecular formula is C48H37Cl3N4O6. The van der Waals surface area contributed by atoms with Crippen LogP contribution >= 0.6 is 34.8 Å². The van der Waals surface area contributed by atoms with E-state index >= 15 is 0 Å². The van der Waals surface area contributed by atoms with E-state index in [0.29, 0.717) is 56.5 Å². The van der Waals surface area contributed by atoms with Gasteiger partial charge < -0.3 is 25.2 Å². The number of anilines is 1. The van der Waals surface area contributed by atoms with Gasteiger partial charge in [0, 0.05) is 30.1 Å². The lowest BCUT2D eigenvalue weighted by Crippen LogP contribution is -2.54. The summed E-state index contributed by atoms with van der Waals surface area (Å²) in [5.41, 5.74) is 7.63. The Morgan fingerprint density at radius 3 is 2.25 bits per heavy atom. The predicted molar refractivity (Wildman–Crippen MR) is 234 cm³/mol. The van der Waals surface area contributed by atoms with Gasteiger partial charge in [0.05, 0.1) is 33.4 Å². The molecule has 2 heterocycles. The van der Waals surface area contributed by atoms with Crippen LogP contribution in [0.2, 0.25) is 15.1 Å². The van der Waals surface area contributed by atoms with Crippen molar-refractivity contribution < 1.29 is 29.0 Å². The normalized spacial score (nSPS) is 16.2. The second kappa shape index (κ2) is 18.1. The number of carbonyl (C=O) groups is 3. The van der Waals surface area contributed by atoms with E-state index in [2.05, 4.69) is 16.7 Å². The molecule has 0 bridgehead atoms. The Morgan fingerprint density at radius 2 is 1.56 bits per heavy atom. The highest BCUT2D eigenvalue weighted by atomic mass is 35.5. The zero-order valence-corrected chi connectivity index (χ0v) is 34.7. The van der Waals surface area contributed by atoms with Crippen LogP contribution in [0.5, 0.6) is 11.5 Å². The molecule has 6 aromatic carbocycles. The van der Waals surface area contributed by atoms with Crippen molar-refractivity contribution in [2.24, 2.45) is 0 Å². The number of aliphatic carboxylic acids is 1. The van der Waals surface area contributed by atoms with E-state index in [4.69, 9.17) is 49.5 Å². The second-order valence-electron chi connectivity index (χ2n) is 14.9. The van der Waals surface area contributed by atoms with Gasteiger partial charge in [-0.2, -0.15) is 5.26 Å². The molecule has 2 amide bonds. The lowest BCUT2D eigenvalue weighted by molar-refractivity contribution is -0.142. The fraction of sp³-hybridized carbons (Fsp3) is 0.167. The van der Waals surface area contributed by atoms with E-state index in [1.807, 2.05) is 77.7 Å². The Balaban J connectivity index is 0.984. The van der Waals surface area contributed by atoms with Crippen molar-refractivity contribution in [2.45, 2.75) is 50.7 Å². The summed E-state index contributed by atoms with van der Waals surface area (Å²) in [6.07, 6.45) is -0.612. The van der Waals surface area contributed by atoms with Crippen molar-refractivity contribution in [3.8, 4) is 28.7 Å². The maximum Gasteiger partial charge on any atom is 0.326 e. The lowest BCUT2D eigenvalue weighted by Gasteiger charge is -2.38. The topological polar surface area (TPSA) is 141 Å². The maximum absolute atomic E-state index is 14.2. The Hall–Kier alpha value is -6.35. The number of carboxylic acid groups (broad SMARTS) is 1. The highest BCUT2D eigenvalue weighted by Crippen LogP contribution is 2.40. The molecule has 3 N–H and O–H groups in total. The Labute approximate surface area is 367 Å². The van der Waals surface area contributed by atoms with Crippen LogP contribution in [0.1, 0.15) is 45.0 Å². The highest BCUT2D eigenvalue weighted by Gasteiger charge is 2.37. The molecule has 0 aromatic heterocycles. The number of nitrogens with zero attached hydrogens (tertiary/aromatic N) is 2. The van der Waals surface area contributed by atoms with Crippen LogP contribution in [0.4, 0.5) is 5.69 Å². The molecular weight excluding hydrogens is 835 g/mol. The molecule has 10 nitrogen and oxygen atoms in total. The first-order valence-electron chi connectivity index (χ1n) is 19.4. The number of hydrogen-bond acceptors (Lipinski definition) is 7. The van der Waals surface area contributed by atoms with E-state index in [0.717, 1.165) is 38.9 Å². The molecule has 0 radical (unpaired) electrons. The zero-order chi connectivity index (χ0) is 42.6. The zero-order valence-electron chi connectivity index (χ0n) is 32.4. The number of nitriles is 1. The molecule has 0 spiro atoms. The third-order valence-corrected chi connectivity index (χ3v) is 11.9. The van der Waals surface area contributed by atoms with Crippen molar-refractivity contribution in [3.05, 3.63) is 181 Å². The van der Waals surface area contributed by atoms with E-state index in [1.54, 1.807) is 54.6 Å². The molecule has 2 aliphatic heterocycles. The third-order valence-electron chi connectivity index (χ3n) is 10.8. The van der Waals surface area contributed by atoms with Crippen LogP contribution in [0.3, 0.4) is 0 Å². The molecule has 3 unspecified atom stereocenters. The Bertz CT molecular complexity index is 2670. The van der Waals surface area contributed by atoms with Crippen molar-refractivity contribution in [1.29, 1.82) is 5.26 Å². The predicted octanol–water partition coefficient (Wildman–Crippen LogP) is 9.58. The summed E-state index contributed by atoms with van der Waals surface area (Å²) in [5, 5.41) is 26.7. The molecule has 6 aromatic rings. The van der Waals surface area contributed by atoms with Gasteiger partial charge in [0.15, 0.2) is 0 Å². The number of rotatable bonds is 12. The largest absolute Gasteiger partial charge is 0.489 e. The first-order chi connectivity index (χ1) is 29.5. The molecule has 0 aliphatic carbocycles. The molecule has 306 valence electrons. The van der Waals surface area contributed by atoms with Gasteiger partial charge in [-0.25, -0.2) is 4.79 Å². The minimum atomic E-state index is -1.20. The van der Waals surface area contributed by atoms with Crippen LogP contribution in [0, 0.1) is 11.3 Å². The first-order valence-corrected chi connectivity index (χ1v) is 20.5. The summed E-state index contributed by atoms with van der Waals surface area (Å²) < 4.78 is 12.3. The molecule has 8 rings (SSSR count). The standard InChI is InChI=1S/C48H37Cl3N4O6/c49-38-4-2-1-3-34(38)25-55-26-36-23-44-41(53-47(57)45(61-44)33-14-16-37(17-15-33)60-27-30-9-18-39(50)40(51)19-30)21-35(36)22-43(55)46(56)54-42(48(58)59)20-28-5-10-31(11-6-28)32-12-7-29(24-52)8-13-32/h1-19,21,23,42-43,45H,20,22,25-27H2,(H,53,57)(H,54,56)(H,58,59). The van der Waals surface area contributed by atoms with Gasteiger partial charge >= 0.3 is 5.97 Å². The quantitative estimate of drug-likeness (QED) is 0.111. The fourth-order valence-corrected chi connectivity index (χ4v) is 8.06. The van der Waals surface area contributed by atoms with Gasteiger partial charge in [0.2, 0.25) is 12.0 Å². The molecule has 0 fully saturated rings. The summed E-state index contributed by atoms with van der Waals surface area (Å²) in [7, 11) is 0. The second-order valence-corrected chi connectivity index (χ2v) is 16.1. The van der Waals surface area contributed by atoms with Crippen molar-refractivity contribution in [3.63, 3.8) is 0 Å². The van der Waals surface area contributed by atoms with Crippen LogP contribution in [-0.2, 0) is 46.9 Å². The lowest BCUT2D eigenvalue weighted by atomic mass is 9.91. The number of amides is 2. The molecule has 0 saturated heterocycles. The molecule has 61 heavy (non-hydrogen) atoms. The van der Waals surface area contributed by atoms with Crippen LogP contribution in [0.15, 0.2) is 127 Å². The third kappa shape index (κ3) is 9.51. The molecule has 2 aliphatic rings. The summed E-state index contributed by atoms with van der Waals surface area (Å²) in [6.45, 7) is 0.929. The van der Waals surface area contributed by atoms with Crippen LogP contribution in [-0.4, -0.2) is 39.9 Å². The minimum Gasteiger partial charge on any atom is -0.489 e. The van der Waals surface area contributed by atoms with Crippen molar-refractivity contribution in [2.75, 3.05) is 5.32 Å². The van der Waals surface area contributed by atoms with E-state index in [-0.39, 0.29) is 25.4 Å². The average Bonchev–Trinajstić information content (AvgIpc) is 3.26. The maximum atomic E-state index is 14.2. The van der Waals surface area contributed by atoms with Gasteiger partial charge in [0.25, 0.3) is 5.91 Å². The Kier molecular flexibility index (Phi) is 12.3. The minimum absolute atomic E-state index is 0.0646. The van der Waals surface area contributed by atoms with Crippen LogP contribution in [0.25, 0.3) is 11.1 Å². The van der Waals surface area contributed by atoms with Gasteiger partial charge in [-0.05, 0) is 100.0 Å². The highest BCUT2D eigenvalue weighted by molar-refractivity contribution is 6.42. The number of halogens is 3. The number of fused-ring (bicyclic) bond motifs is 2. The molecule has 3 atom stereocenters. The van der Waals surface area contributed by atoms with E-state index < -0.39 is 30.1 Å². The van der Waals surface area contributed by atoms with Gasteiger partial charge in [-0.1, -0.05) is 108 Å². The number of hydrogen-bond donors (Lipinski definition) is 3.